The normalized spacial score (nSPS) is 12.7. The zero-order valence-electron chi connectivity index (χ0n) is 10.5. The second-order valence-corrected chi connectivity index (χ2v) is 4.53. The van der Waals surface area contributed by atoms with Crippen LogP contribution in [0.25, 0.3) is 0 Å². The second-order valence-electron chi connectivity index (χ2n) is 4.53. The quantitative estimate of drug-likeness (QED) is 0.878. The summed E-state index contributed by atoms with van der Waals surface area (Å²) in [6, 6.07) is 6.04. The molecule has 3 heteroatoms. The number of aromatic nitrogens is 2. The molecule has 2 aromatic rings. The van der Waals surface area contributed by atoms with E-state index in [0.29, 0.717) is 6.42 Å². The maximum absolute atomic E-state index is 10.3. The summed E-state index contributed by atoms with van der Waals surface area (Å²) in [7, 11) is 1.88. The van der Waals surface area contributed by atoms with Crippen LogP contribution in [0.15, 0.2) is 30.6 Å². The lowest BCUT2D eigenvalue weighted by Crippen LogP contribution is -2.04. The van der Waals surface area contributed by atoms with Crippen LogP contribution in [0.3, 0.4) is 0 Å². The number of aliphatic hydroxyl groups is 1. The molecule has 90 valence electrons. The minimum atomic E-state index is -0.459. The van der Waals surface area contributed by atoms with Gasteiger partial charge in [0.2, 0.25) is 0 Å². The minimum Gasteiger partial charge on any atom is -0.388 e. The zero-order chi connectivity index (χ0) is 12.4. The van der Waals surface area contributed by atoms with Crippen molar-refractivity contribution in [3.8, 4) is 0 Å². The largest absolute Gasteiger partial charge is 0.388 e. The van der Waals surface area contributed by atoms with Gasteiger partial charge < -0.3 is 5.11 Å². The first-order chi connectivity index (χ1) is 8.08. The van der Waals surface area contributed by atoms with Crippen molar-refractivity contribution >= 4 is 0 Å². The lowest BCUT2D eigenvalue weighted by molar-refractivity contribution is 0.177. The van der Waals surface area contributed by atoms with Crippen LogP contribution in [0.5, 0.6) is 0 Å². The number of benzene rings is 1. The molecule has 1 aromatic heterocycles. The van der Waals surface area contributed by atoms with Gasteiger partial charge in [-0.1, -0.05) is 18.2 Å². The Morgan fingerprint density at radius 3 is 2.76 bits per heavy atom. The van der Waals surface area contributed by atoms with E-state index in [9.17, 15) is 5.11 Å². The summed E-state index contributed by atoms with van der Waals surface area (Å²) in [5.74, 6) is 0. The molecule has 17 heavy (non-hydrogen) atoms. The molecule has 0 spiro atoms. The maximum atomic E-state index is 10.3. The molecule has 0 bridgehead atoms. The predicted octanol–water partition coefficient (Wildman–Crippen LogP) is 2.31. The fourth-order valence-corrected chi connectivity index (χ4v) is 2.05. The van der Waals surface area contributed by atoms with Gasteiger partial charge in [-0.2, -0.15) is 5.10 Å². The number of nitrogens with zero attached hydrogens (tertiary/aromatic N) is 2. The maximum Gasteiger partial charge on any atom is 0.0834 e. The third kappa shape index (κ3) is 2.56. The lowest BCUT2D eigenvalue weighted by Gasteiger charge is -2.14. The van der Waals surface area contributed by atoms with Crippen LogP contribution >= 0.6 is 0 Å². The number of hydrogen-bond donors (Lipinski definition) is 1. The Bertz CT molecular complexity index is 517. The van der Waals surface area contributed by atoms with Crippen molar-refractivity contribution in [2.45, 2.75) is 26.4 Å². The molecule has 0 radical (unpaired) electrons. The van der Waals surface area contributed by atoms with Crippen LogP contribution in [0.2, 0.25) is 0 Å². The van der Waals surface area contributed by atoms with Crippen LogP contribution in [0.4, 0.5) is 0 Å². The van der Waals surface area contributed by atoms with Gasteiger partial charge in [-0.15, -0.1) is 0 Å². The van der Waals surface area contributed by atoms with Crippen LogP contribution in [0, 0.1) is 13.8 Å². The highest BCUT2D eigenvalue weighted by Crippen LogP contribution is 2.23. The van der Waals surface area contributed by atoms with E-state index in [1.165, 1.54) is 11.1 Å². The number of rotatable bonds is 3. The summed E-state index contributed by atoms with van der Waals surface area (Å²) in [6.45, 7) is 4.12. The molecule has 3 nitrogen and oxygen atoms in total. The van der Waals surface area contributed by atoms with Crippen molar-refractivity contribution in [1.29, 1.82) is 0 Å². The lowest BCUT2D eigenvalue weighted by atomic mass is 9.96. The Labute approximate surface area is 102 Å². The molecule has 0 saturated heterocycles. The molecular formula is C14H18N2O. The number of aliphatic hydroxyl groups excluding tert-OH is 1. The van der Waals surface area contributed by atoms with Gasteiger partial charge in [0.1, 0.15) is 0 Å². The molecule has 1 N–H and O–H groups in total. The first-order valence-electron chi connectivity index (χ1n) is 5.79. The summed E-state index contributed by atoms with van der Waals surface area (Å²) in [4.78, 5) is 0. The molecule has 1 unspecified atom stereocenters. The van der Waals surface area contributed by atoms with Gasteiger partial charge in [0, 0.05) is 19.7 Å². The fourth-order valence-electron chi connectivity index (χ4n) is 2.05. The van der Waals surface area contributed by atoms with Crippen LogP contribution < -0.4 is 0 Å². The third-order valence-corrected chi connectivity index (χ3v) is 3.19. The molecule has 0 aliphatic rings. The molecule has 0 saturated carbocycles. The van der Waals surface area contributed by atoms with E-state index in [4.69, 9.17) is 0 Å². The molecule has 1 aromatic carbocycles. The molecule has 1 heterocycles. The molecule has 1 atom stereocenters. The van der Waals surface area contributed by atoms with Crippen molar-refractivity contribution in [2.75, 3.05) is 0 Å². The first kappa shape index (κ1) is 11.9. The summed E-state index contributed by atoms with van der Waals surface area (Å²) in [5, 5.41) is 14.4. The Morgan fingerprint density at radius 1 is 1.35 bits per heavy atom. The molecular weight excluding hydrogens is 212 g/mol. The van der Waals surface area contributed by atoms with Gasteiger partial charge in [0.05, 0.1) is 12.3 Å². The Hall–Kier alpha value is -1.61. The van der Waals surface area contributed by atoms with E-state index in [1.54, 1.807) is 10.9 Å². The standard InChI is InChI=1S/C14H18N2O/c1-10-5-4-6-13(11(10)2)14(17)7-12-8-15-16(3)9-12/h4-6,8-9,14,17H,7H2,1-3H3. The van der Waals surface area contributed by atoms with Crippen molar-refractivity contribution in [3.63, 3.8) is 0 Å². The Kier molecular flexibility index (Phi) is 3.29. The van der Waals surface area contributed by atoms with Crippen molar-refractivity contribution < 1.29 is 5.11 Å². The molecule has 0 aliphatic heterocycles. The number of aryl methyl sites for hydroxylation is 2. The monoisotopic (exact) mass is 230 g/mol. The highest BCUT2D eigenvalue weighted by Gasteiger charge is 2.12. The summed E-state index contributed by atoms with van der Waals surface area (Å²) in [5.41, 5.74) is 4.45. The van der Waals surface area contributed by atoms with Crippen molar-refractivity contribution in [3.05, 3.63) is 52.8 Å². The summed E-state index contributed by atoms with van der Waals surface area (Å²) >= 11 is 0. The molecule has 2 rings (SSSR count). The van der Waals surface area contributed by atoms with Gasteiger partial charge in [0.15, 0.2) is 0 Å². The fraction of sp³-hybridized carbons (Fsp3) is 0.357. The average Bonchev–Trinajstić information content (AvgIpc) is 2.68. The minimum absolute atomic E-state index is 0.459. The highest BCUT2D eigenvalue weighted by atomic mass is 16.3. The van der Waals surface area contributed by atoms with Crippen molar-refractivity contribution in [1.82, 2.24) is 9.78 Å². The third-order valence-electron chi connectivity index (χ3n) is 3.19. The van der Waals surface area contributed by atoms with Gasteiger partial charge in [-0.05, 0) is 36.1 Å². The van der Waals surface area contributed by atoms with Crippen LogP contribution in [-0.4, -0.2) is 14.9 Å². The Morgan fingerprint density at radius 2 is 2.12 bits per heavy atom. The molecule has 0 fully saturated rings. The van der Waals surface area contributed by atoms with E-state index < -0.39 is 6.10 Å². The van der Waals surface area contributed by atoms with Crippen LogP contribution in [-0.2, 0) is 13.5 Å². The first-order valence-corrected chi connectivity index (χ1v) is 5.79. The smallest absolute Gasteiger partial charge is 0.0834 e. The second kappa shape index (κ2) is 4.72. The summed E-state index contributed by atoms with van der Waals surface area (Å²) in [6.07, 6.45) is 3.89. The molecule has 0 amide bonds. The Balaban J connectivity index is 2.20. The van der Waals surface area contributed by atoms with E-state index in [0.717, 1.165) is 11.1 Å². The van der Waals surface area contributed by atoms with E-state index in [1.807, 2.05) is 25.4 Å². The number of hydrogen-bond acceptors (Lipinski definition) is 2. The predicted molar refractivity (Wildman–Crippen MR) is 67.8 cm³/mol. The van der Waals surface area contributed by atoms with Crippen molar-refractivity contribution in [2.24, 2.45) is 7.05 Å². The van der Waals surface area contributed by atoms with Gasteiger partial charge in [0.25, 0.3) is 0 Å². The van der Waals surface area contributed by atoms with E-state index in [2.05, 4.69) is 25.0 Å². The topological polar surface area (TPSA) is 38.1 Å². The zero-order valence-corrected chi connectivity index (χ0v) is 10.5. The van der Waals surface area contributed by atoms with Gasteiger partial charge in [-0.3, -0.25) is 4.68 Å². The SMILES string of the molecule is Cc1cccc(C(O)Cc2cnn(C)c2)c1C. The van der Waals surface area contributed by atoms with Crippen LogP contribution in [0.1, 0.15) is 28.4 Å². The van der Waals surface area contributed by atoms with Gasteiger partial charge >= 0.3 is 0 Å². The van der Waals surface area contributed by atoms with E-state index >= 15 is 0 Å². The molecule has 0 aliphatic carbocycles. The van der Waals surface area contributed by atoms with E-state index in [-0.39, 0.29) is 0 Å². The average molecular weight is 230 g/mol. The van der Waals surface area contributed by atoms with Gasteiger partial charge in [-0.25, -0.2) is 0 Å². The highest BCUT2D eigenvalue weighted by molar-refractivity contribution is 5.35. The summed E-state index contributed by atoms with van der Waals surface area (Å²) < 4.78 is 1.76.